The number of aromatic nitrogens is 3. The second kappa shape index (κ2) is 8.74. The molecule has 0 aliphatic carbocycles. The second-order valence-corrected chi connectivity index (χ2v) is 8.80. The Morgan fingerprint density at radius 3 is 2.64 bits per heavy atom. The summed E-state index contributed by atoms with van der Waals surface area (Å²) >= 11 is 7.24. The van der Waals surface area contributed by atoms with E-state index in [0.29, 0.717) is 21.4 Å². The van der Waals surface area contributed by atoms with Gasteiger partial charge in [-0.2, -0.15) is 0 Å². The number of halogens is 1. The molecular formula is C17H16ClN5O3S2. The van der Waals surface area contributed by atoms with Gasteiger partial charge in [0.1, 0.15) is 6.33 Å². The minimum Gasteiger partial charge on any atom is -0.325 e. The van der Waals surface area contributed by atoms with Gasteiger partial charge in [-0.05, 0) is 35.9 Å². The molecule has 3 rings (SSSR count). The van der Waals surface area contributed by atoms with Crippen molar-refractivity contribution in [3.63, 3.8) is 0 Å². The number of nitrogens with zero attached hydrogens (tertiary/aromatic N) is 3. The molecule has 0 aliphatic heterocycles. The number of primary sulfonamides is 1. The third-order valence-corrected chi connectivity index (χ3v) is 5.45. The highest BCUT2D eigenvalue weighted by atomic mass is 35.5. The monoisotopic (exact) mass is 437 g/mol. The van der Waals surface area contributed by atoms with E-state index in [1.54, 1.807) is 47.3 Å². The van der Waals surface area contributed by atoms with Crippen LogP contribution >= 0.6 is 23.4 Å². The molecule has 8 nitrogen and oxygen atoms in total. The van der Waals surface area contributed by atoms with Crippen molar-refractivity contribution in [3.05, 3.63) is 65.4 Å². The van der Waals surface area contributed by atoms with Crippen molar-refractivity contribution in [2.24, 2.45) is 5.14 Å². The molecule has 2 aromatic carbocycles. The summed E-state index contributed by atoms with van der Waals surface area (Å²) in [7, 11) is -3.59. The first kappa shape index (κ1) is 20.3. The number of carbonyl (C=O) groups is 1. The zero-order valence-corrected chi connectivity index (χ0v) is 16.8. The minimum absolute atomic E-state index is 0.123. The van der Waals surface area contributed by atoms with E-state index in [-0.39, 0.29) is 17.4 Å². The van der Waals surface area contributed by atoms with Crippen molar-refractivity contribution in [1.29, 1.82) is 0 Å². The summed E-state index contributed by atoms with van der Waals surface area (Å²) in [5, 5.41) is 16.8. The summed E-state index contributed by atoms with van der Waals surface area (Å²) < 4.78 is 23.9. The highest BCUT2D eigenvalue weighted by Gasteiger charge is 2.11. The van der Waals surface area contributed by atoms with E-state index in [1.807, 2.05) is 12.1 Å². The summed E-state index contributed by atoms with van der Waals surface area (Å²) in [6.45, 7) is 0. The number of nitrogens with one attached hydrogen (secondary N) is 1. The molecule has 0 spiro atoms. The van der Waals surface area contributed by atoms with Gasteiger partial charge in [0.2, 0.25) is 15.9 Å². The van der Waals surface area contributed by atoms with Gasteiger partial charge in [-0.3, -0.25) is 9.36 Å². The van der Waals surface area contributed by atoms with Gasteiger partial charge in [0.15, 0.2) is 5.16 Å². The number of anilines is 1. The standard InChI is InChI=1S/C17H16ClN5O3S2/c18-13-2-1-3-15(8-13)23-11-20-22-17(23)27-9-16(24)21-14-6-4-12(5-7-14)10-28(19,25)26/h1-8,11H,9-10H2,(H,21,24)(H2,19,25,26). The first-order valence-electron chi connectivity index (χ1n) is 7.98. The van der Waals surface area contributed by atoms with Crippen LogP contribution in [0.5, 0.6) is 0 Å². The molecule has 1 aromatic heterocycles. The van der Waals surface area contributed by atoms with Crippen molar-refractivity contribution in [1.82, 2.24) is 14.8 Å². The fourth-order valence-electron chi connectivity index (χ4n) is 2.37. The van der Waals surface area contributed by atoms with Crippen LogP contribution in [0.25, 0.3) is 5.69 Å². The predicted octanol–water partition coefficient (Wildman–Crippen LogP) is 2.44. The number of nitrogens with two attached hydrogens (primary N) is 1. The number of hydrogen-bond donors (Lipinski definition) is 2. The SMILES string of the molecule is NS(=O)(=O)Cc1ccc(NC(=O)CSc2nncn2-c2cccc(Cl)c2)cc1. The van der Waals surface area contributed by atoms with Gasteiger partial charge in [0.25, 0.3) is 0 Å². The summed E-state index contributed by atoms with van der Waals surface area (Å²) in [5.74, 6) is -0.362. The van der Waals surface area contributed by atoms with Crippen LogP contribution in [0.1, 0.15) is 5.56 Å². The first-order valence-corrected chi connectivity index (χ1v) is 11.1. The van der Waals surface area contributed by atoms with Gasteiger partial charge >= 0.3 is 0 Å². The van der Waals surface area contributed by atoms with Crippen molar-refractivity contribution in [2.75, 3.05) is 11.1 Å². The summed E-state index contributed by atoms with van der Waals surface area (Å²) in [4.78, 5) is 12.2. The van der Waals surface area contributed by atoms with Gasteiger partial charge in [0.05, 0.1) is 17.2 Å². The maximum Gasteiger partial charge on any atom is 0.234 e. The van der Waals surface area contributed by atoms with E-state index in [0.717, 1.165) is 5.69 Å². The average molecular weight is 438 g/mol. The van der Waals surface area contributed by atoms with Crippen molar-refractivity contribution >= 4 is 45.0 Å². The Kier molecular flexibility index (Phi) is 6.35. The van der Waals surface area contributed by atoms with Crippen LogP contribution in [0.2, 0.25) is 5.02 Å². The van der Waals surface area contributed by atoms with Crippen LogP contribution in [-0.2, 0) is 20.6 Å². The normalized spacial score (nSPS) is 11.4. The molecule has 28 heavy (non-hydrogen) atoms. The van der Waals surface area contributed by atoms with E-state index in [9.17, 15) is 13.2 Å². The quantitative estimate of drug-likeness (QED) is 0.548. The largest absolute Gasteiger partial charge is 0.325 e. The Morgan fingerprint density at radius 2 is 1.96 bits per heavy atom. The predicted molar refractivity (Wildman–Crippen MR) is 109 cm³/mol. The first-order chi connectivity index (χ1) is 13.3. The summed E-state index contributed by atoms with van der Waals surface area (Å²) in [5.41, 5.74) is 1.90. The maximum absolute atomic E-state index is 12.2. The Bertz CT molecular complexity index is 1080. The molecule has 0 atom stereocenters. The number of benzene rings is 2. The van der Waals surface area contributed by atoms with Crippen LogP contribution in [-0.4, -0.2) is 34.8 Å². The Morgan fingerprint density at radius 1 is 1.21 bits per heavy atom. The molecule has 3 aromatic rings. The fraction of sp³-hybridized carbons (Fsp3) is 0.118. The molecule has 0 aliphatic rings. The molecule has 0 saturated heterocycles. The lowest BCUT2D eigenvalue weighted by Gasteiger charge is -2.08. The van der Waals surface area contributed by atoms with E-state index >= 15 is 0 Å². The number of hydrogen-bond acceptors (Lipinski definition) is 6. The van der Waals surface area contributed by atoms with Crippen molar-refractivity contribution in [2.45, 2.75) is 10.9 Å². The molecule has 0 unspecified atom stereocenters. The number of rotatable bonds is 7. The van der Waals surface area contributed by atoms with E-state index < -0.39 is 10.0 Å². The Labute approximate surface area is 171 Å². The minimum atomic E-state index is -3.59. The Hall–Kier alpha value is -2.40. The number of amides is 1. The maximum atomic E-state index is 12.2. The molecule has 0 bridgehead atoms. The van der Waals surface area contributed by atoms with Gasteiger partial charge in [-0.1, -0.05) is 41.6 Å². The Balaban J connectivity index is 1.59. The highest BCUT2D eigenvalue weighted by Crippen LogP contribution is 2.22. The molecule has 11 heteroatoms. The number of thioether (sulfide) groups is 1. The molecule has 146 valence electrons. The third-order valence-electron chi connectivity index (χ3n) is 3.54. The molecular weight excluding hydrogens is 422 g/mol. The van der Waals surface area contributed by atoms with Gasteiger partial charge in [-0.15, -0.1) is 10.2 Å². The molecule has 0 radical (unpaired) electrons. The van der Waals surface area contributed by atoms with Gasteiger partial charge in [0, 0.05) is 10.7 Å². The van der Waals surface area contributed by atoms with Crippen LogP contribution in [0.3, 0.4) is 0 Å². The summed E-state index contributed by atoms with van der Waals surface area (Å²) in [6, 6.07) is 13.7. The van der Waals surface area contributed by atoms with Crippen LogP contribution < -0.4 is 10.5 Å². The van der Waals surface area contributed by atoms with Crippen LogP contribution in [0.4, 0.5) is 5.69 Å². The second-order valence-electron chi connectivity index (χ2n) is 5.80. The zero-order valence-electron chi connectivity index (χ0n) is 14.4. The van der Waals surface area contributed by atoms with Gasteiger partial charge < -0.3 is 5.32 Å². The summed E-state index contributed by atoms with van der Waals surface area (Å²) in [6.07, 6.45) is 1.55. The fourth-order valence-corrected chi connectivity index (χ4v) is 3.94. The van der Waals surface area contributed by atoms with Crippen LogP contribution in [0, 0.1) is 0 Å². The van der Waals surface area contributed by atoms with Crippen molar-refractivity contribution in [3.8, 4) is 5.69 Å². The highest BCUT2D eigenvalue weighted by molar-refractivity contribution is 7.99. The van der Waals surface area contributed by atoms with Crippen LogP contribution in [0.15, 0.2) is 60.0 Å². The lowest BCUT2D eigenvalue weighted by atomic mass is 10.2. The lowest BCUT2D eigenvalue weighted by molar-refractivity contribution is -0.113. The van der Waals surface area contributed by atoms with Crippen molar-refractivity contribution < 1.29 is 13.2 Å². The van der Waals surface area contributed by atoms with E-state index in [2.05, 4.69) is 15.5 Å². The third kappa shape index (κ3) is 5.80. The molecule has 1 amide bonds. The topological polar surface area (TPSA) is 120 Å². The zero-order chi connectivity index (χ0) is 20.1. The smallest absolute Gasteiger partial charge is 0.234 e. The van der Waals surface area contributed by atoms with Gasteiger partial charge in [-0.25, -0.2) is 13.6 Å². The average Bonchev–Trinajstić information content (AvgIpc) is 3.09. The molecule has 0 saturated carbocycles. The molecule has 0 fully saturated rings. The number of sulfonamides is 1. The lowest BCUT2D eigenvalue weighted by Crippen LogP contribution is -2.15. The van der Waals surface area contributed by atoms with E-state index in [4.69, 9.17) is 16.7 Å². The molecule has 1 heterocycles. The van der Waals surface area contributed by atoms with E-state index in [1.165, 1.54) is 11.8 Å². The molecule has 3 N–H and O–H groups in total. The number of carbonyl (C=O) groups excluding carboxylic acids is 1.